The molecule has 30 heavy (non-hydrogen) atoms. The summed E-state index contributed by atoms with van der Waals surface area (Å²) in [4.78, 5) is 14.5. The van der Waals surface area contributed by atoms with Crippen molar-refractivity contribution in [2.24, 2.45) is 0 Å². The normalized spacial score (nSPS) is 13.1. The van der Waals surface area contributed by atoms with Crippen LogP contribution in [0.3, 0.4) is 0 Å². The van der Waals surface area contributed by atoms with E-state index in [2.05, 4.69) is 16.3 Å². The maximum atomic E-state index is 13.3. The SMILES string of the molecule is N#CCCN(C(=O)CSc1nnc(C2CC2)n1-c1ccccc1)c1ccc(F)cc1. The Morgan fingerprint density at radius 1 is 1.17 bits per heavy atom. The second-order valence-electron chi connectivity index (χ2n) is 7.00. The minimum absolute atomic E-state index is 0.137. The molecule has 0 aliphatic heterocycles. The van der Waals surface area contributed by atoms with E-state index in [-0.39, 0.29) is 30.4 Å². The number of halogens is 1. The monoisotopic (exact) mass is 421 g/mol. The Hall–Kier alpha value is -3.18. The van der Waals surface area contributed by atoms with E-state index in [1.54, 1.807) is 12.1 Å². The summed E-state index contributed by atoms with van der Waals surface area (Å²) in [5.74, 6) is 0.935. The molecule has 0 N–H and O–H groups in total. The van der Waals surface area contributed by atoms with Gasteiger partial charge in [0.05, 0.1) is 18.2 Å². The zero-order valence-corrected chi connectivity index (χ0v) is 17.1. The number of thioether (sulfide) groups is 1. The van der Waals surface area contributed by atoms with Crippen molar-refractivity contribution < 1.29 is 9.18 Å². The van der Waals surface area contributed by atoms with Gasteiger partial charge in [-0.1, -0.05) is 30.0 Å². The molecule has 4 rings (SSSR count). The zero-order chi connectivity index (χ0) is 20.9. The predicted molar refractivity (Wildman–Crippen MR) is 113 cm³/mol. The van der Waals surface area contributed by atoms with Gasteiger partial charge < -0.3 is 4.90 Å². The largest absolute Gasteiger partial charge is 0.311 e. The Balaban J connectivity index is 1.54. The first-order chi connectivity index (χ1) is 14.7. The lowest BCUT2D eigenvalue weighted by atomic mass is 10.2. The first-order valence-corrected chi connectivity index (χ1v) is 10.7. The first kappa shape index (κ1) is 20.1. The quantitative estimate of drug-likeness (QED) is 0.506. The lowest BCUT2D eigenvalue weighted by Gasteiger charge is -2.21. The summed E-state index contributed by atoms with van der Waals surface area (Å²) in [7, 11) is 0. The van der Waals surface area contributed by atoms with E-state index in [4.69, 9.17) is 5.26 Å². The van der Waals surface area contributed by atoms with Gasteiger partial charge in [-0.2, -0.15) is 5.26 Å². The van der Waals surface area contributed by atoms with Crippen molar-refractivity contribution >= 4 is 23.4 Å². The average molecular weight is 422 g/mol. The van der Waals surface area contributed by atoms with Crippen LogP contribution >= 0.6 is 11.8 Å². The second-order valence-corrected chi connectivity index (χ2v) is 7.95. The Morgan fingerprint density at radius 3 is 2.57 bits per heavy atom. The fourth-order valence-corrected chi connectivity index (χ4v) is 4.02. The maximum Gasteiger partial charge on any atom is 0.237 e. The van der Waals surface area contributed by atoms with Gasteiger partial charge >= 0.3 is 0 Å². The Labute approximate surface area is 178 Å². The molecule has 1 fully saturated rings. The highest BCUT2D eigenvalue weighted by Crippen LogP contribution is 2.41. The van der Waals surface area contributed by atoms with Gasteiger partial charge in [0.2, 0.25) is 5.91 Å². The van der Waals surface area contributed by atoms with Gasteiger partial charge in [-0.3, -0.25) is 9.36 Å². The third kappa shape index (κ3) is 4.52. The van der Waals surface area contributed by atoms with Crippen molar-refractivity contribution in [3.63, 3.8) is 0 Å². The van der Waals surface area contributed by atoms with Crippen molar-refractivity contribution in [3.8, 4) is 11.8 Å². The van der Waals surface area contributed by atoms with Crippen LogP contribution in [0.1, 0.15) is 31.0 Å². The highest BCUT2D eigenvalue weighted by atomic mass is 32.2. The second kappa shape index (κ2) is 9.09. The minimum Gasteiger partial charge on any atom is -0.311 e. The molecule has 1 heterocycles. The third-order valence-electron chi connectivity index (χ3n) is 4.83. The molecule has 2 aromatic carbocycles. The van der Waals surface area contributed by atoms with Crippen LogP contribution in [0, 0.1) is 17.1 Å². The fraction of sp³-hybridized carbons (Fsp3) is 0.273. The van der Waals surface area contributed by atoms with Crippen LogP contribution in [0.25, 0.3) is 5.69 Å². The molecule has 0 saturated heterocycles. The number of aromatic nitrogens is 3. The molecule has 1 aliphatic carbocycles. The number of amides is 1. The van der Waals surface area contributed by atoms with E-state index >= 15 is 0 Å². The number of benzene rings is 2. The number of hydrogen-bond donors (Lipinski definition) is 0. The average Bonchev–Trinajstić information content (AvgIpc) is 3.53. The molecule has 152 valence electrons. The highest BCUT2D eigenvalue weighted by Gasteiger charge is 2.31. The van der Waals surface area contributed by atoms with Gasteiger partial charge in [-0.15, -0.1) is 10.2 Å². The maximum absolute atomic E-state index is 13.3. The predicted octanol–water partition coefficient (Wildman–Crippen LogP) is 4.32. The van der Waals surface area contributed by atoms with E-state index in [9.17, 15) is 9.18 Å². The fourth-order valence-electron chi connectivity index (χ4n) is 3.19. The van der Waals surface area contributed by atoms with Gasteiger partial charge in [0.15, 0.2) is 5.16 Å². The van der Waals surface area contributed by atoms with Crippen LogP contribution in [0.5, 0.6) is 0 Å². The minimum atomic E-state index is -0.371. The standard InChI is InChI=1S/C22H20FN5OS/c23-17-9-11-18(12-10-17)27(14-4-13-24)20(29)15-30-22-26-25-21(16-7-8-16)28(22)19-5-2-1-3-6-19/h1-3,5-6,9-12,16H,4,7-8,14-15H2. The molecular weight excluding hydrogens is 401 g/mol. The number of carbonyl (C=O) groups excluding carboxylic acids is 1. The number of hydrogen-bond acceptors (Lipinski definition) is 5. The first-order valence-electron chi connectivity index (χ1n) is 9.74. The summed E-state index contributed by atoms with van der Waals surface area (Å²) in [6, 6.07) is 17.7. The number of carbonyl (C=O) groups is 1. The smallest absolute Gasteiger partial charge is 0.237 e. The Kier molecular flexibility index (Phi) is 6.10. The van der Waals surface area contributed by atoms with Gasteiger partial charge in [-0.25, -0.2) is 4.39 Å². The van der Waals surface area contributed by atoms with Crippen molar-refractivity contribution in [2.75, 3.05) is 17.2 Å². The summed E-state index contributed by atoms with van der Waals surface area (Å²) in [6.45, 7) is 0.250. The van der Waals surface area contributed by atoms with E-state index in [1.165, 1.54) is 28.8 Å². The Bertz CT molecular complexity index is 1060. The summed E-state index contributed by atoms with van der Waals surface area (Å²) in [5.41, 5.74) is 1.54. The molecule has 1 aliphatic rings. The van der Waals surface area contributed by atoms with Crippen LogP contribution < -0.4 is 4.90 Å². The number of anilines is 1. The van der Waals surface area contributed by atoms with Crippen LogP contribution in [-0.2, 0) is 4.79 Å². The molecule has 0 atom stereocenters. The zero-order valence-electron chi connectivity index (χ0n) is 16.2. The van der Waals surface area contributed by atoms with Gasteiger partial charge in [0.25, 0.3) is 0 Å². The summed E-state index contributed by atoms with van der Waals surface area (Å²) in [6.07, 6.45) is 2.39. The molecule has 0 radical (unpaired) electrons. The summed E-state index contributed by atoms with van der Waals surface area (Å²) < 4.78 is 15.3. The molecule has 8 heteroatoms. The van der Waals surface area contributed by atoms with Crippen LogP contribution in [0.4, 0.5) is 10.1 Å². The molecule has 6 nitrogen and oxygen atoms in total. The highest BCUT2D eigenvalue weighted by molar-refractivity contribution is 7.99. The molecular formula is C22H20FN5OS. The van der Waals surface area contributed by atoms with E-state index in [0.717, 1.165) is 24.4 Å². The topological polar surface area (TPSA) is 74.8 Å². The van der Waals surface area contributed by atoms with Crippen molar-refractivity contribution in [1.29, 1.82) is 5.26 Å². The van der Waals surface area contributed by atoms with Gasteiger partial charge in [0.1, 0.15) is 11.6 Å². The molecule has 3 aromatic rings. The van der Waals surface area contributed by atoms with E-state index in [0.29, 0.717) is 16.8 Å². The van der Waals surface area contributed by atoms with Crippen LogP contribution in [0.15, 0.2) is 59.8 Å². The lowest BCUT2D eigenvalue weighted by Crippen LogP contribution is -2.33. The molecule has 0 bridgehead atoms. The molecule has 1 saturated carbocycles. The van der Waals surface area contributed by atoms with Crippen molar-refractivity contribution in [1.82, 2.24) is 14.8 Å². The third-order valence-corrected chi connectivity index (χ3v) is 5.74. The number of para-hydroxylation sites is 1. The number of nitrogens with zero attached hydrogens (tertiary/aromatic N) is 5. The van der Waals surface area contributed by atoms with Crippen LogP contribution in [-0.4, -0.2) is 33.0 Å². The van der Waals surface area contributed by atoms with Gasteiger partial charge in [0, 0.05) is 23.8 Å². The summed E-state index contributed by atoms with van der Waals surface area (Å²) in [5, 5.41) is 18.3. The number of nitriles is 1. The Morgan fingerprint density at radius 2 is 1.90 bits per heavy atom. The molecule has 1 aromatic heterocycles. The molecule has 0 unspecified atom stereocenters. The van der Waals surface area contributed by atoms with E-state index in [1.807, 2.05) is 34.9 Å². The number of rotatable bonds is 8. The van der Waals surface area contributed by atoms with Crippen LogP contribution in [0.2, 0.25) is 0 Å². The van der Waals surface area contributed by atoms with Crippen molar-refractivity contribution in [3.05, 3.63) is 66.2 Å². The molecule has 0 spiro atoms. The molecule has 1 amide bonds. The van der Waals surface area contributed by atoms with Crippen molar-refractivity contribution in [2.45, 2.75) is 30.3 Å². The van der Waals surface area contributed by atoms with E-state index < -0.39 is 0 Å². The van der Waals surface area contributed by atoms with Gasteiger partial charge in [-0.05, 0) is 49.2 Å². The summed E-state index contributed by atoms with van der Waals surface area (Å²) >= 11 is 1.32. The lowest BCUT2D eigenvalue weighted by molar-refractivity contribution is -0.116.